The molecule has 0 radical (unpaired) electrons. The summed E-state index contributed by atoms with van der Waals surface area (Å²) in [5, 5.41) is 15.4. The summed E-state index contributed by atoms with van der Waals surface area (Å²) in [7, 11) is 0. The molecule has 126 valence electrons. The maximum absolute atomic E-state index is 3.97. The van der Waals surface area contributed by atoms with Gasteiger partial charge in [-0.05, 0) is 64.3 Å². The molecule has 4 fully saturated rings. The largest absolute Gasteiger partial charge is 0.312 e. The minimum Gasteiger partial charge on any atom is -0.312 e. The van der Waals surface area contributed by atoms with E-state index in [2.05, 4.69) is 35.1 Å². The summed E-state index contributed by atoms with van der Waals surface area (Å²) >= 11 is 0. The lowest BCUT2D eigenvalue weighted by Gasteiger charge is -2.26. The molecule has 4 aliphatic rings. The third-order valence-electron chi connectivity index (χ3n) is 6.68. The fraction of sp³-hybridized carbons (Fsp3) is 1.00. The molecule has 4 rings (SSSR count). The first-order chi connectivity index (χ1) is 10.7. The SMILES string of the molecule is CC1CNC(C2CCC(C3CCC(C4CCC(C)N4)N3)N2)C1. The van der Waals surface area contributed by atoms with Crippen molar-refractivity contribution < 1.29 is 0 Å². The van der Waals surface area contributed by atoms with Gasteiger partial charge in [0.15, 0.2) is 0 Å². The Labute approximate surface area is 135 Å². The average molecular weight is 306 g/mol. The lowest BCUT2D eigenvalue weighted by atomic mass is 10.0. The van der Waals surface area contributed by atoms with Gasteiger partial charge in [-0.2, -0.15) is 0 Å². The minimum absolute atomic E-state index is 0.700. The molecule has 0 aliphatic carbocycles. The summed E-state index contributed by atoms with van der Waals surface area (Å²) in [6.45, 7) is 5.91. The van der Waals surface area contributed by atoms with E-state index >= 15 is 0 Å². The van der Waals surface area contributed by atoms with Crippen LogP contribution in [0.1, 0.15) is 58.8 Å². The molecule has 0 aromatic rings. The second-order valence-corrected chi connectivity index (χ2v) is 8.52. The quantitative estimate of drug-likeness (QED) is 0.636. The Morgan fingerprint density at radius 1 is 0.591 bits per heavy atom. The van der Waals surface area contributed by atoms with Crippen molar-refractivity contribution >= 4 is 0 Å². The van der Waals surface area contributed by atoms with Crippen LogP contribution >= 0.6 is 0 Å². The summed E-state index contributed by atoms with van der Waals surface area (Å²) in [5.41, 5.74) is 0. The predicted molar refractivity (Wildman–Crippen MR) is 91.1 cm³/mol. The molecule has 0 spiro atoms. The van der Waals surface area contributed by atoms with E-state index in [1.165, 1.54) is 51.5 Å². The van der Waals surface area contributed by atoms with E-state index in [4.69, 9.17) is 0 Å². The predicted octanol–water partition coefficient (Wildman–Crippen LogP) is 1.37. The van der Waals surface area contributed by atoms with Gasteiger partial charge in [0.25, 0.3) is 0 Å². The molecule has 8 unspecified atom stereocenters. The molecule has 0 aromatic carbocycles. The molecule has 22 heavy (non-hydrogen) atoms. The van der Waals surface area contributed by atoms with Crippen molar-refractivity contribution in [3.63, 3.8) is 0 Å². The van der Waals surface area contributed by atoms with Gasteiger partial charge in [0.2, 0.25) is 0 Å². The van der Waals surface area contributed by atoms with Crippen LogP contribution in [0, 0.1) is 5.92 Å². The van der Waals surface area contributed by atoms with Crippen molar-refractivity contribution in [2.75, 3.05) is 6.54 Å². The van der Waals surface area contributed by atoms with Crippen LogP contribution in [0.4, 0.5) is 0 Å². The van der Waals surface area contributed by atoms with Gasteiger partial charge in [-0.25, -0.2) is 0 Å². The monoisotopic (exact) mass is 306 g/mol. The highest BCUT2D eigenvalue weighted by atomic mass is 15.2. The van der Waals surface area contributed by atoms with E-state index in [-0.39, 0.29) is 0 Å². The first-order valence-corrected chi connectivity index (χ1v) is 9.70. The van der Waals surface area contributed by atoms with Crippen molar-refractivity contribution in [3.05, 3.63) is 0 Å². The molecule has 0 aromatic heterocycles. The fourth-order valence-corrected chi connectivity index (χ4v) is 5.41. The van der Waals surface area contributed by atoms with Gasteiger partial charge in [0.1, 0.15) is 0 Å². The molecule has 0 saturated carbocycles. The van der Waals surface area contributed by atoms with Crippen LogP contribution < -0.4 is 21.3 Å². The molecule has 4 heterocycles. The third-order valence-corrected chi connectivity index (χ3v) is 6.68. The van der Waals surface area contributed by atoms with Crippen LogP contribution in [0.3, 0.4) is 0 Å². The summed E-state index contributed by atoms with van der Waals surface area (Å²) in [6.07, 6.45) is 9.49. The van der Waals surface area contributed by atoms with E-state index in [0.717, 1.165) is 24.0 Å². The van der Waals surface area contributed by atoms with Crippen LogP contribution in [0.2, 0.25) is 0 Å². The zero-order valence-electron chi connectivity index (χ0n) is 14.3. The Bertz CT molecular complexity index is 351. The molecule has 0 amide bonds. The highest BCUT2D eigenvalue weighted by molar-refractivity contribution is 5.03. The summed E-state index contributed by atoms with van der Waals surface area (Å²) in [5.74, 6) is 0.857. The molecule has 4 aliphatic heterocycles. The highest BCUT2D eigenvalue weighted by Gasteiger charge is 2.40. The molecule has 4 N–H and O–H groups in total. The summed E-state index contributed by atoms with van der Waals surface area (Å²) in [4.78, 5) is 0. The van der Waals surface area contributed by atoms with E-state index in [1.807, 2.05) is 0 Å². The number of rotatable bonds is 3. The van der Waals surface area contributed by atoms with E-state index in [0.29, 0.717) is 24.2 Å². The molecule has 0 bridgehead atoms. The van der Waals surface area contributed by atoms with Gasteiger partial charge >= 0.3 is 0 Å². The van der Waals surface area contributed by atoms with Crippen LogP contribution in [0.5, 0.6) is 0 Å². The Morgan fingerprint density at radius 3 is 1.55 bits per heavy atom. The van der Waals surface area contributed by atoms with Crippen molar-refractivity contribution in [1.29, 1.82) is 0 Å². The molecule has 8 atom stereocenters. The standard InChI is InChI=1S/C18H34N4/c1-11-9-18(19-10-11)17-8-7-16(22-17)15-6-5-14(21-15)13-4-3-12(2)20-13/h11-22H,3-10H2,1-2H3. The zero-order chi connectivity index (χ0) is 15.1. The highest BCUT2D eigenvalue weighted by Crippen LogP contribution is 2.29. The Balaban J connectivity index is 1.27. The number of hydrogen-bond donors (Lipinski definition) is 4. The molecule has 4 saturated heterocycles. The van der Waals surface area contributed by atoms with E-state index in [1.54, 1.807) is 0 Å². The maximum Gasteiger partial charge on any atom is 0.0225 e. The van der Waals surface area contributed by atoms with Crippen molar-refractivity contribution in [2.45, 2.75) is 101 Å². The second-order valence-electron chi connectivity index (χ2n) is 8.52. The fourth-order valence-electron chi connectivity index (χ4n) is 5.41. The van der Waals surface area contributed by atoms with Crippen LogP contribution in [0.15, 0.2) is 0 Å². The average Bonchev–Trinajstić information content (AvgIpc) is 3.24. The van der Waals surface area contributed by atoms with Gasteiger partial charge in [-0.1, -0.05) is 6.92 Å². The Morgan fingerprint density at radius 2 is 1.09 bits per heavy atom. The normalized spacial score (nSPS) is 52.6. The number of hydrogen-bond acceptors (Lipinski definition) is 4. The van der Waals surface area contributed by atoms with Crippen molar-refractivity contribution in [1.82, 2.24) is 21.3 Å². The first-order valence-electron chi connectivity index (χ1n) is 9.70. The lowest BCUT2D eigenvalue weighted by molar-refractivity contribution is 0.362. The Kier molecular flexibility index (Phi) is 4.46. The maximum atomic E-state index is 3.97. The summed E-state index contributed by atoms with van der Waals surface area (Å²) < 4.78 is 0. The van der Waals surface area contributed by atoms with Crippen molar-refractivity contribution in [3.8, 4) is 0 Å². The zero-order valence-corrected chi connectivity index (χ0v) is 14.3. The van der Waals surface area contributed by atoms with Crippen LogP contribution in [0.25, 0.3) is 0 Å². The smallest absolute Gasteiger partial charge is 0.0225 e. The lowest BCUT2D eigenvalue weighted by Crippen LogP contribution is -2.52. The molecule has 4 nitrogen and oxygen atoms in total. The molecular weight excluding hydrogens is 272 g/mol. The van der Waals surface area contributed by atoms with Crippen LogP contribution in [-0.4, -0.2) is 48.8 Å². The van der Waals surface area contributed by atoms with Crippen LogP contribution in [-0.2, 0) is 0 Å². The van der Waals surface area contributed by atoms with Crippen molar-refractivity contribution in [2.24, 2.45) is 5.92 Å². The molecule has 4 heteroatoms. The topological polar surface area (TPSA) is 48.1 Å². The minimum atomic E-state index is 0.700. The first kappa shape index (κ1) is 15.4. The second kappa shape index (κ2) is 6.39. The Hall–Kier alpha value is -0.160. The van der Waals surface area contributed by atoms with Gasteiger partial charge in [0.05, 0.1) is 0 Å². The van der Waals surface area contributed by atoms with Gasteiger partial charge in [0, 0.05) is 42.3 Å². The third kappa shape index (κ3) is 3.08. The van der Waals surface area contributed by atoms with E-state index in [9.17, 15) is 0 Å². The van der Waals surface area contributed by atoms with E-state index < -0.39 is 0 Å². The van der Waals surface area contributed by atoms with Gasteiger partial charge < -0.3 is 21.3 Å². The van der Waals surface area contributed by atoms with Gasteiger partial charge in [-0.15, -0.1) is 0 Å². The summed E-state index contributed by atoms with van der Waals surface area (Å²) in [6, 6.07) is 4.97. The number of nitrogens with one attached hydrogen (secondary N) is 4. The molecular formula is C18H34N4. The van der Waals surface area contributed by atoms with Gasteiger partial charge in [-0.3, -0.25) is 0 Å².